The molecule has 7 heteroatoms. The molecule has 0 bridgehead atoms. The van der Waals surface area contributed by atoms with E-state index in [-0.39, 0.29) is 23.7 Å². The zero-order valence-electron chi connectivity index (χ0n) is 27.1. The molecule has 0 heterocycles. The Balaban J connectivity index is 3.62. The molecular weight excluding hydrogens is 510 g/mol. The number of hydrogen-bond donors (Lipinski definition) is 4. The van der Waals surface area contributed by atoms with Gasteiger partial charge in [0.05, 0.1) is 0 Å². The van der Waals surface area contributed by atoms with Gasteiger partial charge in [-0.25, -0.2) is 0 Å². The Kier molecular flexibility index (Phi) is 29.6. The van der Waals surface area contributed by atoms with E-state index in [4.69, 9.17) is 11.1 Å². The average Bonchev–Trinajstić information content (AvgIpc) is 2.93. The SMILES string of the molecule is CCCCCCCCCCCCCCCC(=O)NC(=N)/N=C(\N)NC(=O)CCCCCCCCCCCCCCC. The zero-order chi connectivity index (χ0) is 30.2. The third kappa shape index (κ3) is 30.9. The van der Waals surface area contributed by atoms with Crippen molar-refractivity contribution >= 4 is 23.7 Å². The summed E-state index contributed by atoms with van der Waals surface area (Å²) in [6.45, 7) is 4.52. The van der Waals surface area contributed by atoms with Gasteiger partial charge in [0.15, 0.2) is 0 Å². The maximum Gasteiger partial charge on any atom is 0.226 e. The summed E-state index contributed by atoms with van der Waals surface area (Å²) < 4.78 is 0. The van der Waals surface area contributed by atoms with Crippen LogP contribution in [0.3, 0.4) is 0 Å². The smallest absolute Gasteiger partial charge is 0.226 e. The molecule has 0 aromatic carbocycles. The first-order valence-corrected chi connectivity index (χ1v) is 17.5. The minimum Gasteiger partial charge on any atom is -0.369 e. The molecule has 0 saturated heterocycles. The van der Waals surface area contributed by atoms with Gasteiger partial charge in [-0.05, 0) is 12.8 Å². The summed E-state index contributed by atoms with van der Waals surface area (Å²) in [6, 6.07) is 0. The second kappa shape index (κ2) is 31.0. The van der Waals surface area contributed by atoms with Gasteiger partial charge < -0.3 is 5.73 Å². The van der Waals surface area contributed by atoms with Crippen LogP contribution in [0, 0.1) is 5.41 Å². The van der Waals surface area contributed by atoms with Crippen molar-refractivity contribution in [2.45, 2.75) is 194 Å². The van der Waals surface area contributed by atoms with Gasteiger partial charge in [0.25, 0.3) is 0 Å². The summed E-state index contributed by atoms with van der Waals surface area (Å²) in [5.41, 5.74) is 5.75. The van der Waals surface area contributed by atoms with E-state index in [9.17, 15) is 9.59 Å². The second-order valence-electron chi connectivity index (χ2n) is 11.9. The molecule has 0 atom stereocenters. The van der Waals surface area contributed by atoms with Crippen molar-refractivity contribution in [3.05, 3.63) is 0 Å². The van der Waals surface area contributed by atoms with E-state index in [2.05, 4.69) is 29.5 Å². The van der Waals surface area contributed by atoms with Gasteiger partial charge in [-0.3, -0.25) is 25.6 Å². The Labute approximate surface area is 253 Å². The highest BCUT2D eigenvalue weighted by atomic mass is 16.2. The van der Waals surface area contributed by atoms with Crippen LogP contribution in [0.5, 0.6) is 0 Å². The van der Waals surface area contributed by atoms with E-state index < -0.39 is 0 Å². The summed E-state index contributed by atoms with van der Waals surface area (Å²) in [7, 11) is 0. The molecule has 0 aromatic rings. The Bertz CT molecular complexity index is 666. The Morgan fingerprint density at radius 2 is 0.756 bits per heavy atom. The third-order valence-electron chi connectivity index (χ3n) is 7.77. The number of aliphatic imine (C=N–C) groups is 1. The molecule has 0 radical (unpaired) electrons. The van der Waals surface area contributed by atoms with Crippen molar-refractivity contribution in [1.82, 2.24) is 10.6 Å². The van der Waals surface area contributed by atoms with Crippen molar-refractivity contribution < 1.29 is 9.59 Å². The van der Waals surface area contributed by atoms with E-state index >= 15 is 0 Å². The van der Waals surface area contributed by atoms with Gasteiger partial charge in [-0.2, -0.15) is 4.99 Å². The molecule has 5 N–H and O–H groups in total. The minimum atomic E-state index is -0.330. The lowest BCUT2D eigenvalue weighted by atomic mass is 10.0. The second-order valence-corrected chi connectivity index (χ2v) is 11.9. The van der Waals surface area contributed by atoms with Crippen LogP contribution < -0.4 is 16.4 Å². The number of rotatable bonds is 28. The van der Waals surface area contributed by atoms with Crippen LogP contribution in [0.15, 0.2) is 4.99 Å². The third-order valence-corrected chi connectivity index (χ3v) is 7.77. The number of guanidine groups is 2. The summed E-state index contributed by atoms with van der Waals surface area (Å²) in [5.74, 6) is -0.896. The van der Waals surface area contributed by atoms with Gasteiger partial charge in [0.2, 0.25) is 23.7 Å². The fourth-order valence-corrected chi connectivity index (χ4v) is 5.18. The van der Waals surface area contributed by atoms with Crippen LogP contribution in [-0.4, -0.2) is 23.7 Å². The molecule has 0 aliphatic carbocycles. The average molecular weight is 578 g/mol. The van der Waals surface area contributed by atoms with E-state index in [1.807, 2.05) is 0 Å². The maximum absolute atomic E-state index is 12.1. The van der Waals surface area contributed by atoms with Crippen LogP contribution in [0.4, 0.5) is 0 Å². The summed E-state index contributed by atoms with van der Waals surface area (Å²) in [4.78, 5) is 27.9. The Morgan fingerprint density at radius 1 is 0.488 bits per heavy atom. The van der Waals surface area contributed by atoms with Crippen molar-refractivity contribution in [3.8, 4) is 0 Å². The van der Waals surface area contributed by atoms with Crippen molar-refractivity contribution in [3.63, 3.8) is 0 Å². The number of carbonyl (C=O) groups excluding carboxylic acids is 2. The quantitative estimate of drug-likeness (QED) is 0.0421. The minimum absolute atomic E-state index is 0.143. The van der Waals surface area contributed by atoms with Gasteiger partial charge in [-0.15, -0.1) is 0 Å². The monoisotopic (exact) mass is 578 g/mol. The number of carbonyl (C=O) groups is 2. The molecule has 0 fully saturated rings. The Morgan fingerprint density at radius 3 is 1.07 bits per heavy atom. The predicted molar refractivity (Wildman–Crippen MR) is 176 cm³/mol. The fraction of sp³-hybridized carbons (Fsp3) is 0.882. The van der Waals surface area contributed by atoms with Crippen LogP contribution in [0.25, 0.3) is 0 Å². The van der Waals surface area contributed by atoms with Crippen molar-refractivity contribution in [2.24, 2.45) is 10.7 Å². The molecule has 0 aromatic heterocycles. The number of nitrogens with two attached hydrogens (primary N) is 1. The lowest BCUT2D eigenvalue weighted by Crippen LogP contribution is -2.39. The largest absolute Gasteiger partial charge is 0.369 e. The number of hydrogen-bond acceptors (Lipinski definition) is 3. The Hall–Kier alpha value is -1.92. The fourth-order valence-electron chi connectivity index (χ4n) is 5.18. The summed E-state index contributed by atoms with van der Waals surface area (Å²) >= 11 is 0. The molecule has 41 heavy (non-hydrogen) atoms. The predicted octanol–water partition coefficient (Wildman–Crippen LogP) is 9.43. The number of nitrogens with zero attached hydrogens (tertiary/aromatic N) is 1. The highest BCUT2D eigenvalue weighted by molar-refractivity contribution is 6.04. The zero-order valence-corrected chi connectivity index (χ0v) is 27.1. The summed E-state index contributed by atoms with van der Waals surface area (Å²) in [6.07, 6.45) is 33.6. The van der Waals surface area contributed by atoms with Gasteiger partial charge in [0.1, 0.15) is 0 Å². The van der Waals surface area contributed by atoms with Crippen LogP contribution >= 0.6 is 0 Å². The molecule has 2 amide bonds. The topological polar surface area (TPSA) is 120 Å². The van der Waals surface area contributed by atoms with Crippen molar-refractivity contribution in [1.29, 1.82) is 5.41 Å². The lowest BCUT2D eigenvalue weighted by molar-refractivity contribution is -0.120. The maximum atomic E-state index is 12.1. The highest BCUT2D eigenvalue weighted by Gasteiger charge is 2.07. The summed E-state index contributed by atoms with van der Waals surface area (Å²) in [5, 5.41) is 12.8. The molecule has 7 nitrogen and oxygen atoms in total. The van der Waals surface area contributed by atoms with Gasteiger partial charge >= 0.3 is 0 Å². The number of amides is 2. The number of unbranched alkanes of at least 4 members (excludes halogenated alkanes) is 24. The lowest BCUT2D eigenvalue weighted by Gasteiger charge is -2.07. The normalized spacial score (nSPS) is 11.5. The highest BCUT2D eigenvalue weighted by Crippen LogP contribution is 2.14. The molecule has 0 aliphatic rings. The van der Waals surface area contributed by atoms with Gasteiger partial charge in [0, 0.05) is 12.8 Å². The van der Waals surface area contributed by atoms with E-state index in [0.717, 1.165) is 38.5 Å². The van der Waals surface area contributed by atoms with E-state index in [1.54, 1.807) is 0 Å². The van der Waals surface area contributed by atoms with Crippen LogP contribution in [0.2, 0.25) is 0 Å². The molecule has 0 spiro atoms. The molecule has 0 unspecified atom stereocenters. The molecule has 240 valence electrons. The first kappa shape index (κ1) is 39.1. The number of nitrogens with one attached hydrogen (secondary N) is 3. The van der Waals surface area contributed by atoms with E-state index in [1.165, 1.54) is 128 Å². The van der Waals surface area contributed by atoms with E-state index in [0.29, 0.717) is 12.8 Å². The molecule has 0 rings (SSSR count). The first-order chi connectivity index (χ1) is 20.0. The first-order valence-electron chi connectivity index (χ1n) is 17.5. The molecular formula is C34H67N5O2. The molecule has 0 aliphatic heterocycles. The van der Waals surface area contributed by atoms with Crippen molar-refractivity contribution in [2.75, 3.05) is 0 Å². The standard InChI is InChI=1S/C34H67N5O2/c1-3-5-7-9-11-13-15-17-19-21-23-25-27-29-31(40)37-33(35)39-34(36)38-32(41)30-28-26-24-22-20-18-16-14-12-10-8-6-4-2/h3-30H2,1-2H3,(H5,35,36,37,38,39,40,41). The van der Waals surface area contributed by atoms with Gasteiger partial charge in [-0.1, -0.05) is 168 Å². The van der Waals surface area contributed by atoms with Crippen LogP contribution in [-0.2, 0) is 9.59 Å². The molecule has 0 saturated carbocycles. The van der Waals surface area contributed by atoms with Crippen LogP contribution in [0.1, 0.15) is 194 Å².